The van der Waals surface area contributed by atoms with Crippen molar-refractivity contribution in [2.24, 2.45) is 11.8 Å². The number of halogens is 1. The van der Waals surface area contributed by atoms with Crippen LogP contribution in [0.4, 0.5) is 0 Å². The number of hydrogen-bond donors (Lipinski definition) is 0. The third-order valence-corrected chi connectivity index (χ3v) is 4.90. The highest BCUT2D eigenvalue weighted by Crippen LogP contribution is 2.46. The summed E-state index contributed by atoms with van der Waals surface area (Å²) >= 11 is 3.75. The van der Waals surface area contributed by atoms with Gasteiger partial charge in [-0.05, 0) is 40.3 Å². The molecular weight excluding hydrogens is 272 g/mol. The number of benzene rings is 1. The number of rotatable bonds is 1. The van der Waals surface area contributed by atoms with E-state index in [1.54, 1.807) is 5.57 Å². The molecule has 0 amide bonds. The molecule has 0 bridgehead atoms. The normalized spacial score (nSPS) is 28.1. The van der Waals surface area contributed by atoms with E-state index >= 15 is 0 Å². The fraction of sp³-hybridized carbons (Fsp3) is 0.375. The van der Waals surface area contributed by atoms with Gasteiger partial charge in [0, 0.05) is 0 Å². The lowest BCUT2D eigenvalue weighted by atomic mass is 9.71. The van der Waals surface area contributed by atoms with E-state index in [9.17, 15) is 0 Å². The van der Waals surface area contributed by atoms with Crippen LogP contribution >= 0.6 is 15.9 Å². The lowest BCUT2D eigenvalue weighted by molar-refractivity contribution is 0.341. The highest BCUT2D eigenvalue weighted by Gasteiger charge is 2.32. The summed E-state index contributed by atoms with van der Waals surface area (Å²) in [5.41, 5.74) is 2.94. The van der Waals surface area contributed by atoms with Gasteiger partial charge in [-0.3, -0.25) is 0 Å². The minimum absolute atomic E-state index is 0.726. The van der Waals surface area contributed by atoms with Gasteiger partial charge in [0.15, 0.2) is 0 Å². The first-order valence-electron chi connectivity index (χ1n) is 6.49. The number of allylic oxidation sites excluding steroid dienone is 4. The number of fused-ring (bicyclic) bond motifs is 1. The van der Waals surface area contributed by atoms with Crippen molar-refractivity contribution in [2.75, 3.05) is 0 Å². The quantitative estimate of drug-likeness (QED) is 0.669. The summed E-state index contributed by atoms with van der Waals surface area (Å²) in [5.74, 6) is 1.45. The van der Waals surface area contributed by atoms with E-state index in [2.05, 4.69) is 58.4 Å². The molecule has 0 radical (unpaired) electrons. The molecule has 1 heteroatoms. The number of hydrogen-bond acceptors (Lipinski definition) is 0. The van der Waals surface area contributed by atoms with Gasteiger partial charge in [-0.2, -0.15) is 0 Å². The van der Waals surface area contributed by atoms with Crippen LogP contribution in [0.15, 0.2) is 47.0 Å². The van der Waals surface area contributed by atoms with E-state index in [-0.39, 0.29) is 0 Å². The molecule has 1 unspecified atom stereocenters. The molecule has 0 nitrogen and oxygen atoms in total. The van der Waals surface area contributed by atoms with Crippen molar-refractivity contribution >= 4 is 21.5 Å². The Morgan fingerprint density at radius 1 is 0.882 bits per heavy atom. The molecule has 0 aliphatic heterocycles. The van der Waals surface area contributed by atoms with Crippen LogP contribution < -0.4 is 0 Å². The molecule has 0 spiro atoms. The van der Waals surface area contributed by atoms with Gasteiger partial charge >= 0.3 is 0 Å². The Bertz CT molecular complexity index is 456. The molecule has 0 saturated heterocycles. The average molecular weight is 289 g/mol. The van der Waals surface area contributed by atoms with E-state index in [1.165, 1.54) is 35.7 Å². The molecule has 2 aliphatic carbocycles. The molecule has 0 heterocycles. The second-order valence-electron chi connectivity index (χ2n) is 5.04. The van der Waals surface area contributed by atoms with Gasteiger partial charge in [0.05, 0.1) is 0 Å². The van der Waals surface area contributed by atoms with Crippen LogP contribution in [-0.4, -0.2) is 0 Å². The molecule has 17 heavy (non-hydrogen) atoms. The summed E-state index contributed by atoms with van der Waals surface area (Å²) < 4.78 is 1.40. The molecule has 88 valence electrons. The SMILES string of the molecule is BrC1=CC=C(c2ccccc2)[C@H]2CCCCC12. The summed E-state index contributed by atoms with van der Waals surface area (Å²) in [6, 6.07) is 10.9. The van der Waals surface area contributed by atoms with Crippen molar-refractivity contribution < 1.29 is 0 Å². The fourth-order valence-corrected chi connectivity index (χ4v) is 3.87. The summed E-state index contributed by atoms with van der Waals surface area (Å²) in [4.78, 5) is 0. The minimum atomic E-state index is 0.726. The van der Waals surface area contributed by atoms with E-state index in [4.69, 9.17) is 0 Å². The highest BCUT2D eigenvalue weighted by atomic mass is 79.9. The third kappa shape index (κ3) is 2.13. The van der Waals surface area contributed by atoms with Crippen LogP contribution in [0.25, 0.3) is 5.57 Å². The third-order valence-electron chi connectivity index (χ3n) is 4.05. The first kappa shape index (κ1) is 11.3. The summed E-state index contributed by atoms with van der Waals surface area (Å²) in [7, 11) is 0. The van der Waals surface area contributed by atoms with E-state index < -0.39 is 0 Å². The maximum Gasteiger partial charge on any atom is -0.00122 e. The van der Waals surface area contributed by atoms with Gasteiger partial charge in [-0.15, -0.1) is 0 Å². The molecule has 3 rings (SSSR count). The molecule has 2 atom stereocenters. The molecule has 0 aromatic heterocycles. The average Bonchev–Trinajstić information content (AvgIpc) is 2.41. The summed E-state index contributed by atoms with van der Waals surface area (Å²) in [6.45, 7) is 0. The van der Waals surface area contributed by atoms with Crippen molar-refractivity contribution in [2.45, 2.75) is 25.7 Å². The van der Waals surface area contributed by atoms with E-state index in [0.717, 1.165) is 11.8 Å². The Kier molecular flexibility index (Phi) is 3.19. The predicted octanol–water partition coefficient (Wildman–Crippen LogP) is 5.17. The van der Waals surface area contributed by atoms with Crippen LogP contribution in [0.1, 0.15) is 31.2 Å². The van der Waals surface area contributed by atoms with Crippen molar-refractivity contribution in [3.8, 4) is 0 Å². The van der Waals surface area contributed by atoms with Gasteiger partial charge in [-0.1, -0.05) is 71.3 Å². The van der Waals surface area contributed by atoms with Crippen LogP contribution in [0.2, 0.25) is 0 Å². The molecule has 1 saturated carbocycles. The van der Waals surface area contributed by atoms with Gasteiger partial charge in [0.2, 0.25) is 0 Å². The van der Waals surface area contributed by atoms with Gasteiger partial charge in [-0.25, -0.2) is 0 Å². The zero-order valence-electron chi connectivity index (χ0n) is 9.90. The van der Waals surface area contributed by atoms with E-state index in [1.807, 2.05) is 0 Å². The molecule has 1 fully saturated rings. The lowest BCUT2D eigenvalue weighted by Crippen LogP contribution is -2.23. The molecule has 1 aromatic rings. The van der Waals surface area contributed by atoms with Gasteiger partial charge in [0.1, 0.15) is 0 Å². The standard InChI is InChI=1S/C16H17Br/c17-16-11-10-13(12-6-2-1-3-7-12)14-8-4-5-9-15(14)16/h1-3,6-7,10-11,14-15H,4-5,8-9H2/t14-,15?/m1/s1. The van der Waals surface area contributed by atoms with Crippen molar-refractivity contribution in [3.63, 3.8) is 0 Å². The fourth-order valence-electron chi connectivity index (χ4n) is 3.19. The Balaban J connectivity index is 1.99. The molecule has 2 aliphatic rings. The van der Waals surface area contributed by atoms with E-state index in [0.29, 0.717) is 0 Å². The predicted molar refractivity (Wildman–Crippen MR) is 76.9 cm³/mol. The van der Waals surface area contributed by atoms with Crippen molar-refractivity contribution in [1.82, 2.24) is 0 Å². The van der Waals surface area contributed by atoms with Crippen molar-refractivity contribution in [1.29, 1.82) is 0 Å². The molecular formula is C16H17Br. The maximum atomic E-state index is 3.75. The van der Waals surface area contributed by atoms with Crippen LogP contribution in [0.5, 0.6) is 0 Å². The first-order chi connectivity index (χ1) is 8.36. The first-order valence-corrected chi connectivity index (χ1v) is 7.28. The summed E-state index contributed by atoms with van der Waals surface area (Å²) in [5, 5.41) is 0. The second-order valence-corrected chi connectivity index (χ2v) is 5.95. The van der Waals surface area contributed by atoms with Gasteiger partial charge in [0.25, 0.3) is 0 Å². The Morgan fingerprint density at radius 2 is 1.59 bits per heavy atom. The summed E-state index contributed by atoms with van der Waals surface area (Å²) in [6.07, 6.45) is 10.0. The Morgan fingerprint density at radius 3 is 2.35 bits per heavy atom. The second kappa shape index (κ2) is 4.81. The van der Waals surface area contributed by atoms with Crippen LogP contribution in [0, 0.1) is 11.8 Å². The monoisotopic (exact) mass is 288 g/mol. The zero-order valence-corrected chi connectivity index (χ0v) is 11.5. The van der Waals surface area contributed by atoms with Crippen molar-refractivity contribution in [3.05, 3.63) is 52.5 Å². The zero-order chi connectivity index (χ0) is 11.7. The minimum Gasteiger partial charge on any atom is -0.0622 e. The maximum absolute atomic E-state index is 3.75. The van der Waals surface area contributed by atoms with Gasteiger partial charge < -0.3 is 0 Å². The molecule has 1 aromatic carbocycles. The highest BCUT2D eigenvalue weighted by molar-refractivity contribution is 9.11. The lowest BCUT2D eigenvalue weighted by Gasteiger charge is -2.36. The van der Waals surface area contributed by atoms with Crippen LogP contribution in [0.3, 0.4) is 0 Å². The Labute approximate surface area is 112 Å². The topological polar surface area (TPSA) is 0 Å². The van der Waals surface area contributed by atoms with Crippen LogP contribution in [-0.2, 0) is 0 Å². The Hall–Kier alpha value is -0.820. The largest absolute Gasteiger partial charge is 0.0622 e. The molecule has 0 N–H and O–H groups in total. The smallest absolute Gasteiger partial charge is 0.00122 e.